The van der Waals surface area contributed by atoms with Crippen molar-refractivity contribution < 1.29 is 31.8 Å². The van der Waals surface area contributed by atoms with E-state index < -0.39 is 39.5 Å². The van der Waals surface area contributed by atoms with E-state index in [1.165, 1.54) is 36.9 Å². The molecular weight excluding hydrogens is 526 g/mol. The lowest BCUT2D eigenvalue weighted by molar-refractivity contribution is 0.0829. The number of hydrogen-bond donors (Lipinski definition) is 3. The number of rotatable bonds is 14. The highest BCUT2D eigenvalue weighted by Gasteiger charge is 2.23. The maximum Gasteiger partial charge on any atom is 0.251 e. The highest BCUT2D eigenvalue weighted by atomic mass is 32.2. The van der Waals surface area contributed by atoms with E-state index in [4.69, 9.17) is 4.74 Å². The van der Waals surface area contributed by atoms with Crippen molar-refractivity contribution in [3.63, 3.8) is 0 Å². The van der Waals surface area contributed by atoms with Crippen LogP contribution in [0.2, 0.25) is 0 Å². The van der Waals surface area contributed by atoms with Gasteiger partial charge in [-0.15, -0.1) is 0 Å². The minimum atomic E-state index is -3.56. The van der Waals surface area contributed by atoms with Gasteiger partial charge >= 0.3 is 0 Å². The molecule has 0 aliphatic rings. The number of methoxy groups -OCH3 is 1. The van der Waals surface area contributed by atoms with E-state index in [1.54, 1.807) is 0 Å². The Morgan fingerprint density at radius 2 is 1.64 bits per heavy atom. The van der Waals surface area contributed by atoms with Crippen LogP contribution in [0.3, 0.4) is 0 Å². The molecule has 10 heteroatoms. The van der Waals surface area contributed by atoms with Crippen LogP contribution in [0.15, 0.2) is 71.6 Å². The lowest BCUT2D eigenvalue weighted by atomic mass is 10.00. The third kappa shape index (κ3) is 9.21. The van der Waals surface area contributed by atoms with Crippen molar-refractivity contribution in [2.24, 2.45) is 0 Å². The number of amides is 1. The number of halogens is 2. The van der Waals surface area contributed by atoms with Gasteiger partial charge in [0.2, 0.25) is 0 Å². The Balaban J connectivity index is 1.72. The molecule has 0 fully saturated rings. The fourth-order valence-corrected chi connectivity index (χ4v) is 5.28. The second-order valence-corrected chi connectivity index (χ2v) is 11.4. The van der Waals surface area contributed by atoms with Crippen molar-refractivity contribution in [2.45, 2.75) is 43.4 Å². The molecule has 39 heavy (non-hydrogen) atoms. The molecule has 0 radical (unpaired) electrons. The first kappa shape index (κ1) is 30.4. The highest BCUT2D eigenvalue weighted by Crippen LogP contribution is 2.15. The summed E-state index contributed by atoms with van der Waals surface area (Å²) in [6.07, 6.45) is -0.226. The predicted molar refractivity (Wildman–Crippen MR) is 145 cm³/mol. The van der Waals surface area contributed by atoms with Crippen LogP contribution >= 0.6 is 0 Å². The molecule has 2 atom stereocenters. The molecule has 0 saturated carbocycles. The second-order valence-electron chi connectivity index (χ2n) is 9.27. The van der Waals surface area contributed by atoms with Crippen LogP contribution in [0.1, 0.15) is 34.0 Å². The molecule has 3 N–H and O–H groups in total. The molecule has 0 aromatic heterocycles. The van der Waals surface area contributed by atoms with E-state index in [0.717, 1.165) is 30.2 Å². The molecule has 1 amide bonds. The van der Waals surface area contributed by atoms with Crippen LogP contribution < -0.4 is 10.6 Å². The minimum Gasteiger partial charge on any atom is -0.390 e. The van der Waals surface area contributed by atoms with Crippen molar-refractivity contribution >= 4 is 15.7 Å². The molecule has 0 aliphatic heterocycles. The molecule has 7 nitrogen and oxygen atoms in total. The molecule has 3 rings (SSSR count). The van der Waals surface area contributed by atoms with Gasteiger partial charge in [-0.1, -0.05) is 31.2 Å². The van der Waals surface area contributed by atoms with Crippen molar-refractivity contribution in [1.29, 1.82) is 0 Å². The molecule has 3 aromatic carbocycles. The van der Waals surface area contributed by atoms with Crippen molar-refractivity contribution in [3.8, 4) is 0 Å². The van der Waals surface area contributed by atoms with Crippen LogP contribution in [-0.2, 0) is 34.0 Å². The molecule has 210 valence electrons. The first-order valence-electron chi connectivity index (χ1n) is 12.7. The van der Waals surface area contributed by atoms with E-state index in [0.29, 0.717) is 6.54 Å². The van der Waals surface area contributed by atoms with Crippen LogP contribution in [0.4, 0.5) is 8.78 Å². The summed E-state index contributed by atoms with van der Waals surface area (Å²) in [7, 11) is -2.16. The monoisotopic (exact) mass is 560 g/mol. The number of hydrogen-bond acceptors (Lipinski definition) is 6. The Hall–Kier alpha value is -3.18. The quantitative estimate of drug-likeness (QED) is 0.279. The van der Waals surface area contributed by atoms with Gasteiger partial charge in [0.1, 0.15) is 11.6 Å². The van der Waals surface area contributed by atoms with Crippen molar-refractivity contribution in [2.75, 3.05) is 26.0 Å². The van der Waals surface area contributed by atoms with Gasteiger partial charge in [0.15, 0.2) is 9.84 Å². The number of benzene rings is 3. The Labute approximate surface area is 228 Å². The molecule has 0 spiro atoms. The zero-order valence-electron chi connectivity index (χ0n) is 22.0. The molecule has 0 unspecified atom stereocenters. The lowest BCUT2D eigenvalue weighted by Gasteiger charge is -2.25. The Morgan fingerprint density at radius 3 is 2.28 bits per heavy atom. The van der Waals surface area contributed by atoms with Gasteiger partial charge in [-0.05, 0) is 65.9 Å². The average Bonchev–Trinajstić information content (AvgIpc) is 2.91. The standard InChI is InChI=1S/C29H34F2N2O5S/c1-3-20-5-4-6-21(13-20)18-32-19-28(34)27(16-22-14-24(30)17-25(31)15-22)33-29(35)23-7-9-26(10-8-23)39(36,37)12-11-38-2/h4-10,13-15,17,27-28,32,34H,3,11-12,16,18-19H2,1-2H3,(H,33,35)/t27-,28-/m0/s1. The predicted octanol–water partition coefficient (Wildman–Crippen LogP) is 3.44. The van der Waals surface area contributed by atoms with E-state index >= 15 is 0 Å². The first-order chi connectivity index (χ1) is 18.6. The van der Waals surface area contributed by atoms with Crippen molar-refractivity contribution in [1.82, 2.24) is 10.6 Å². The summed E-state index contributed by atoms with van der Waals surface area (Å²) in [5, 5.41) is 16.9. The number of carbonyl (C=O) groups is 1. The van der Waals surface area contributed by atoms with E-state index in [9.17, 15) is 27.1 Å². The van der Waals surface area contributed by atoms with Gasteiger partial charge in [-0.3, -0.25) is 4.79 Å². The summed E-state index contributed by atoms with van der Waals surface area (Å²) < 4.78 is 57.2. The SMILES string of the molecule is CCc1cccc(CNC[C@H](O)[C@H](Cc2cc(F)cc(F)c2)NC(=O)c2ccc(S(=O)(=O)CCOC)cc2)c1. The summed E-state index contributed by atoms with van der Waals surface area (Å²) in [6, 6.07) is 15.6. The Bertz CT molecular complexity index is 1330. The van der Waals surface area contributed by atoms with Gasteiger partial charge in [0.05, 0.1) is 29.4 Å². The summed E-state index contributed by atoms with van der Waals surface area (Å²) in [5.41, 5.74) is 2.67. The Morgan fingerprint density at radius 1 is 0.974 bits per heavy atom. The van der Waals surface area contributed by atoms with Crippen LogP contribution in [-0.4, -0.2) is 57.6 Å². The van der Waals surface area contributed by atoms with E-state index in [-0.39, 0.29) is 41.3 Å². The highest BCUT2D eigenvalue weighted by molar-refractivity contribution is 7.91. The Kier molecular flexibility index (Phi) is 11.1. The summed E-state index contributed by atoms with van der Waals surface area (Å²) in [4.78, 5) is 13.1. The van der Waals surface area contributed by atoms with Crippen LogP contribution in [0.5, 0.6) is 0 Å². The summed E-state index contributed by atoms with van der Waals surface area (Å²) >= 11 is 0. The average molecular weight is 561 g/mol. The number of aliphatic hydroxyl groups is 1. The number of ether oxygens (including phenoxy) is 1. The van der Waals surface area contributed by atoms with Gasteiger partial charge in [-0.25, -0.2) is 17.2 Å². The van der Waals surface area contributed by atoms with Gasteiger partial charge in [0, 0.05) is 31.8 Å². The largest absolute Gasteiger partial charge is 0.390 e. The second kappa shape index (κ2) is 14.3. The third-order valence-corrected chi connectivity index (χ3v) is 7.97. The fraction of sp³-hybridized carbons (Fsp3) is 0.345. The zero-order valence-corrected chi connectivity index (χ0v) is 22.8. The first-order valence-corrected chi connectivity index (χ1v) is 14.3. The van der Waals surface area contributed by atoms with E-state index in [2.05, 4.69) is 23.6 Å². The third-order valence-electron chi connectivity index (χ3n) is 6.27. The number of carbonyl (C=O) groups excluding carboxylic acids is 1. The van der Waals surface area contributed by atoms with Crippen LogP contribution in [0, 0.1) is 11.6 Å². The number of nitrogens with one attached hydrogen (secondary N) is 2. The molecule has 0 bridgehead atoms. The van der Waals surface area contributed by atoms with Gasteiger partial charge in [-0.2, -0.15) is 0 Å². The molecule has 3 aromatic rings. The zero-order chi connectivity index (χ0) is 28.4. The van der Waals surface area contributed by atoms with Crippen LogP contribution in [0.25, 0.3) is 0 Å². The van der Waals surface area contributed by atoms with Crippen molar-refractivity contribution in [3.05, 3.63) is 101 Å². The summed E-state index contributed by atoms with van der Waals surface area (Å²) in [5.74, 6) is -2.27. The summed E-state index contributed by atoms with van der Waals surface area (Å²) in [6.45, 7) is 2.70. The molecule has 0 saturated heterocycles. The maximum atomic E-state index is 13.8. The molecule has 0 heterocycles. The topological polar surface area (TPSA) is 105 Å². The minimum absolute atomic E-state index is 0.0297. The number of aliphatic hydroxyl groups excluding tert-OH is 1. The maximum absolute atomic E-state index is 13.8. The van der Waals surface area contributed by atoms with Gasteiger partial charge in [0.25, 0.3) is 5.91 Å². The fourth-order valence-electron chi connectivity index (χ4n) is 4.11. The molecule has 0 aliphatic carbocycles. The van der Waals surface area contributed by atoms with Gasteiger partial charge < -0.3 is 20.5 Å². The smallest absolute Gasteiger partial charge is 0.251 e. The normalized spacial score (nSPS) is 13.2. The lowest BCUT2D eigenvalue weighted by Crippen LogP contribution is -2.48. The molecular formula is C29H34F2N2O5S. The number of sulfone groups is 1. The van der Waals surface area contributed by atoms with E-state index in [1.807, 2.05) is 18.2 Å². The number of aryl methyl sites for hydroxylation is 1.